The molecule has 184 valence electrons. The molecular formula is C31H33N3O2. The van der Waals surface area contributed by atoms with E-state index in [1.54, 1.807) is 12.1 Å². The highest BCUT2D eigenvalue weighted by Gasteiger charge is 2.20. The van der Waals surface area contributed by atoms with E-state index in [1.807, 2.05) is 35.2 Å². The molecule has 0 saturated heterocycles. The topological polar surface area (TPSA) is 66.3 Å². The van der Waals surface area contributed by atoms with E-state index in [4.69, 9.17) is 4.98 Å². The number of carboxylic acid groups (broad SMARTS) is 1. The Morgan fingerprint density at radius 2 is 1.17 bits per heavy atom. The number of hydrogen-bond acceptors (Lipinski definition) is 4. The van der Waals surface area contributed by atoms with Crippen molar-refractivity contribution >= 4 is 23.3 Å². The first-order chi connectivity index (χ1) is 16.9. The molecular weight excluding hydrogens is 446 g/mol. The fourth-order valence-corrected chi connectivity index (χ4v) is 4.01. The molecule has 36 heavy (non-hydrogen) atoms. The van der Waals surface area contributed by atoms with Crippen LogP contribution < -0.4 is 4.90 Å². The van der Waals surface area contributed by atoms with E-state index >= 15 is 0 Å². The second kappa shape index (κ2) is 9.57. The highest BCUT2D eigenvalue weighted by atomic mass is 16.4. The van der Waals surface area contributed by atoms with Crippen LogP contribution in [0, 0.1) is 0 Å². The number of carbonyl (C=O) groups is 1. The van der Waals surface area contributed by atoms with Crippen LogP contribution in [-0.4, -0.2) is 21.0 Å². The van der Waals surface area contributed by atoms with Crippen molar-refractivity contribution in [3.8, 4) is 11.3 Å². The van der Waals surface area contributed by atoms with Gasteiger partial charge in [0.2, 0.25) is 0 Å². The summed E-state index contributed by atoms with van der Waals surface area (Å²) in [6, 6.07) is 27.6. The van der Waals surface area contributed by atoms with E-state index in [1.165, 1.54) is 17.2 Å². The number of hydrogen-bond donors (Lipinski definition) is 1. The normalized spacial score (nSPS) is 11.8. The van der Waals surface area contributed by atoms with Gasteiger partial charge in [-0.15, -0.1) is 0 Å². The van der Waals surface area contributed by atoms with Gasteiger partial charge in [-0.2, -0.15) is 0 Å². The molecule has 0 unspecified atom stereocenters. The Morgan fingerprint density at radius 3 is 1.69 bits per heavy atom. The van der Waals surface area contributed by atoms with Crippen LogP contribution in [-0.2, 0) is 10.8 Å². The van der Waals surface area contributed by atoms with Crippen LogP contribution in [0.2, 0.25) is 0 Å². The number of anilines is 3. The zero-order valence-corrected chi connectivity index (χ0v) is 21.8. The molecule has 2 aromatic carbocycles. The van der Waals surface area contributed by atoms with Gasteiger partial charge in [-0.3, -0.25) is 4.90 Å². The molecule has 4 rings (SSSR count). The summed E-state index contributed by atoms with van der Waals surface area (Å²) < 4.78 is 0. The Hall–Kier alpha value is -3.99. The van der Waals surface area contributed by atoms with Crippen molar-refractivity contribution in [3.05, 3.63) is 102 Å². The first kappa shape index (κ1) is 25.1. The van der Waals surface area contributed by atoms with Crippen LogP contribution in [0.3, 0.4) is 0 Å². The summed E-state index contributed by atoms with van der Waals surface area (Å²) in [5, 5.41) is 9.53. The Balaban J connectivity index is 1.81. The van der Waals surface area contributed by atoms with Gasteiger partial charge in [0, 0.05) is 11.3 Å². The van der Waals surface area contributed by atoms with Crippen molar-refractivity contribution in [1.29, 1.82) is 0 Å². The number of aromatic carboxylic acids is 1. The van der Waals surface area contributed by atoms with Crippen LogP contribution >= 0.6 is 0 Å². The molecule has 0 fully saturated rings. The minimum Gasteiger partial charge on any atom is -0.477 e. The lowest BCUT2D eigenvalue weighted by molar-refractivity contribution is 0.0690. The molecule has 5 heteroatoms. The highest BCUT2D eigenvalue weighted by Crippen LogP contribution is 2.35. The molecule has 2 heterocycles. The van der Waals surface area contributed by atoms with Gasteiger partial charge in [0.1, 0.15) is 11.6 Å². The third-order valence-electron chi connectivity index (χ3n) is 6.18. The fraction of sp³-hybridized carbons (Fsp3) is 0.258. The Bertz CT molecular complexity index is 1360. The van der Waals surface area contributed by atoms with Crippen LogP contribution in [0.5, 0.6) is 0 Å². The quantitative estimate of drug-likeness (QED) is 0.315. The second-order valence-electron chi connectivity index (χ2n) is 11.0. The maximum Gasteiger partial charge on any atom is 0.354 e. The van der Waals surface area contributed by atoms with Gasteiger partial charge in [0.05, 0.1) is 5.69 Å². The molecule has 1 N–H and O–H groups in total. The van der Waals surface area contributed by atoms with E-state index in [9.17, 15) is 9.90 Å². The molecule has 0 bridgehead atoms. The SMILES string of the molecule is CC(C)(C)c1ccc(-c2cccc(N(c3ccc(C(C)(C)C)cc3)c3cccc(C(=O)O)n3)n2)cc1. The zero-order valence-electron chi connectivity index (χ0n) is 21.8. The van der Waals surface area contributed by atoms with Gasteiger partial charge < -0.3 is 5.11 Å². The van der Waals surface area contributed by atoms with Crippen molar-refractivity contribution in [2.24, 2.45) is 0 Å². The summed E-state index contributed by atoms with van der Waals surface area (Å²) >= 11 is 0. The maximum atomic E-state index is 11.6. The summed E-state index contributed by atoms with van der Waals surface area (Å²) in [7, 11) is 0. The number of benzene rings is 2. The van der Waals surface area contributed by atoms with E-state index in [-0.39, 0.29) is 16.5 Å². The Kier molecular flexibility index (Phi) is 6.68. The van der Waals surface area contributed by atoms with E-state index < -0.39 is 5.97 Å². The molecule has 0 spiro atoms. The maximum absolute atomic E-state index is 11.6. The third kappa shape index (κ3) is 5.46. The summed E-state index contributed by atoms with van der Waals surface area (Å²) in [6.45, 7) is 13.1. The molecule has 2 aromatic heterocycles. The number of rotatable bonds is 5. The largest absolute Gasteiger partial charge is 0.477 e. The highest BCUT2D eigenvalue weighted by molar-refractivity contribution is 5.86. The molecule has 0 radical (unpaired) electrons. The van der Waals surface area contributed by atoms with Gasteiger partial charge in [-0.05, 0) is 58.4 Å². The molecule has 4 aromatic rings. The monoisotopic (exact) mass is 479 g/mol. The van der Waals surface area contributed by atoms with Crippen LogP contribution in [0.25, 0.3) is 11.3 Å². The summed E-state index contributed by atoms with van der Waals surface area (Å²) in [6.07, 6.45) is 0. The van der Waals surface area contributed by atoms with E-state index in [0.717, 1.165) is 16.9 Å². The van der Waals surface area contributed by atoms with Gasteiger partial charge in [-0.25, -0.2) is 14.8 Å². The van der Waals surface area contributed by atoms with Crippen molar-refractivity contribution in [2.45, 2.75) is 52.4 Å². The van der Waals surface area contributed by atoms with Gasteiger partial charge in [-0.1, -0.05) is 90.1 Å². The van der Waals surface area contributed by atoms with Gasteiger partial charge >= 0.3 is 5.97 Å². The molecule has 0 atom stereocenters. The minimum absolute atomic E-state index is 0.0160. The summed E-state index contributed by atoms with van der Waals surface area (Å²) in [5.74, 6) is 0.0811. The summed E-state index contributed by atoms with van der Waals surface area (Å²) in [5.41, 5.74) is 5.24. The molecule has 0 aliphatic heterocycles. The number of nitrogens with zero attached hydrogens (tertiary/aromatic N) is 3. The van der Waals surface area contributed by atoms with Crippen LogP contribution in [0.1, 0.15) is 63.2 Å². The standard InChI is InChI=1S/C31H33N3O2/c1-30(2,3)22-15-13-21(14-16-22)25-9-7-11-27(32-25)34(28-12-8-10-26(33-28)29(35)36)24-19-17-23(18-20-24)31(4,5)6/h7-20H,1-6H3,(H,35,36). The molecule has 0 saturated carbocycles. The Labute approximate surface area is 213 Å². The third-order valence-corrected chi connectivity index (χ3v) is 6.18. The molecule has 0 aliphatic rings. The van der Waals surface area contributed by atoms with Crippen LogP contribution in [0.15, 0.2) is 84.9 Å². The Morgan fingerprint density at radius 1 is 0.667 bits per heavy atom. The van der Waals surface area contributed by atoms with E-state index in [0.29, 0.717) is 11.6 Å². The average Bonchev–Trinajstić information content (AvgIpc) is 2.84. The fourth-order valence-electron chi connectivity index (χ4n) is 4.01. The van der Waals surface area contributed by atoms with Crippen molar-refractivity contribution in [1.82, 2.24) is 9.97 Å². The van der Waals surface area contributed by atoms with Crippen LogP contribution in [0.4, 0.5) is 17.3 Å². The molecule has 0 amide bonds. The number of carboxylic acids is 1. The lowest BCUT2D eigenvalue weighted by atomic mass is 9.86. The smallest absolute Gasteiger partial charge is 0.354 e. The van der Waals surface area contributed by atoms with Crippen molar-refractivity contribution in [2.75, 3.05) is 4.90 Å². The number of pyridine rings is 2. The number of aromatic nitrogens is 2. The average molecular weight is 480 g/mol. The predicted molar refractivity (Wildman–Crippen MR) is 147 cm³/mol. The molecule has 5 nitrogen and oxygen atoms in total. The predicted octanol–water partition coefficient (Wildman–Crippen LogP) is 7.91. The first-order valence-electron chi connectivity index (χ1n) is 12.1. The lowest BCUT2D eigenvalue weighted by Crippen LogP contribution is -2.16. The first-order valence-corrected chi connectivity index (χ1v) is 12.1. The zero-order chi connectivity index (χ0) is 26.1. The summed E-state index contributed by atoms with van der Waals surface area (Å²) in [4.78, 5) is 22.9. The van der Waals surface area contributed by atoms with E-state index in [2.05, 4.69) is 82.9 Å². The lowest BCUT2D eigenvalue weighted by Gasteiger charge is -2.25. The second-order valence-corrected chi connectivity index (χ2v) is 11.0. The van der Waals surface area contributed by atoms with Gasteiger partial charge in [0.15, 0.2) is 5.69 Å². The minimum atomic E-state index is -1.07. The molecule has 0 aliphatic carbocycles. The van der Waals surface area contributed by atoms with Crippen molar-refractivity contribution in [3.63, 3.8) is 0 Å². The van der Waals surface area contributed by atoms with Gasteiger partial charge in [0.25, 0.3) is 0 Å². The van der Waals surface area contributed by atoms with Crippen molar-refractivity contribution < 1.29 is 9.90 Å².